The smallest absolute Gasteiger partial charge is 0.264 e. The third-order valence-electron chi connectivity index (χ3n) is 2.58. The Morgan fingerprint density at radius 1 is 1.73 bits per heavy atom. The molecule has 0 bridgehead atoms. The summed E-state index contributed by atoms with van der Waals surface area (Å²) in [5.74, 6) is 0.113. The minimum Gasteiger partial charge on any atom is -0.336 e. The zero-order valence-corrected chi connectivity index (χ0v) is 10.9. The van der Waals surface area contributed by atoms with Crippen molar-refractivity contribution >= 4 is 33.2 Å². The van der Waals surface area contributed by atoms with Crippen LogP contribution in [0, 0.1) is 6.92 Å². The lowest BCUT2D eigenvalue weighted by atomic mass is 10.3. The number of thiophene rings is 1. The van der Waals surface area contributed by atoms with Crippen molar-refractivity contribution in [1.82, 2.24) is 4.90 Å². The van der Waals surface area contributed by atoms with Crippen LogP contribution in [0.1, 0.15) is 21.7 Å². The topological polar surface area (TPSA) is 46.3 Å². The zero-order chi connectivity index (χ0) is 11.0. The average molecular weight is 289 g/mol. The van der Waals surface area contributed by atoms with Crippen LogP contribution in [0.3, 0.4) is 0 Å². The van der Waals surface area contributed by atoms with E-state index in [2.05, 4.69) is 15.9 Å². The van der Waals surface area contributed by atoms with E-state index >= 15 is 0 Å². The number of aryl methyl sites for hydroxylation is 1. The molecule has 1 aliphatic heterocycles. The van der Waals surface area contributed by atoms with E-state index in [4.69, 9.17) is 5.73 Å². The molecule has 1 aromatic rings. The van der Waals surface area contributed by atoms with Gasteiger partial charge in [0, 0.05) is 19.1 Å². The zero-order valence-electron chi connectivity index (χ0n) is 8.50. The van der Waals surface area contributed by atoms with Gasteiger partial charge in [0.05, 0.1) is 8.66 Å². The maximum absolute atomic E-state index is 12.0. The Morgan fingerprint density at radius 3 is 2.93 bits per heavy atom. The molecule has 15 heavy (non-hydrogen) atoms. The summed E-state index contributed by atoms with van der Waals surface area (Å²) in [4.78, 5) is 14.7. The van der Waals surface area contributed by atoms with E-state index in [9.17, 15) is 4.79 Å². The summed E-state index contributed by atoms with van der Waals surface area (Å²) < 4.78 is 1.04. The third-order valence-corrected chi connectivity index (χ3v) is 4.70. The van der Waals surface area contributed by atoms with Gasteiger partial charge < -0.3 is 10.6 Å². The summed E-state index contributed by atoms with van der Waals surface area (Å²) in [6, 6.07) is 2.08. The Kier molecular flexibility index (Phi) is 3.13. The van der Waals surface area contributed by atoms with E-state index < -0.39 is 0 Å². The Labute approximate surface area is 101 Å². The summed E-state index contributed by atoms with van der Waals surface area (Å²) in [6.07, 6.45) is 0.914. The number of amides is 1. The summed E-state index contributed by atoms with van der Waals surface area (Å²) in [7, 11) is 0. The number of hydrogen-bond donors (Lipinski definition) is 1. The lowest BCUT2D eigenvalue weighted by Crippen LogP contribution is -2.31. The number of halogens is 1. The molecule has 1 atom stereocenters. The van der Waals surface area contributed by atoms with Crippen molar-refractivity contribution in [2.75, 3.05) is 13.1 Å². The first-order valence-corrected chi connectivity index (χ1v) is 6.49. The van der Waals surface area contributed by atoms with Gasteiger partial charge in [0.15, 0.2) is 0 Å². The number of carbonyl (C=O) groups is 1. The van der Waals surface area contributed by atoms with E-state index in [1.807, 2.05) is 17.9 Å². The molecule has 0 aromatic carbocycles. The molecule has 0 spiro atoms. The summed E-state index contributed by atoms with van der Waals surface area (Å²) in [6.45, 7) is 3.47. The second kappa shape index (κ2) is 4.23. The van der Waals surface area contributed by atoms with Gasteiger partial charge >= 0.3 is 0 Å². The molecule has 0 aliphatic carbocycles. The fourth-order valence-corrected chi connectivity index (χ4v) is 3.20. The van der Waals surface area contributed by atoms with Gasteiger partial charge in [0.1, 0.15) is 0 Å². The van der Waals surface area contributed by atoms with Crippen LogP contribution in [0.2, 0.25) is 0 Å². The largest absolute Gasteiger partial charge is 0.336 e. The van der Waals surface area contributed by atoms with Gasteiger partial charge in [-0.05, 0) is 40.9 Å². The van der Waals surface area contributed by atoms with E-state index in [0.29, 0.717) is 6.54 Å². The van der Waals surface area contributed by atoms with Crippen molar-refractivity contribution in [2.45, 2.75) is 19.4 Å². The molecule has 1 fully saturated rings. The van der Waals surface area contributed by atoms with Crippen LogP contribution in [-0.2, 0) is 0 Å². The third kappa shape index (κ3) is 2.24. The van der Waals surface area contributed by atoms with Crippen molar-refractivity contribution < 1.29 is 4.79 Å². The van der Waals surface area contributed by atoms with E-state index in [0.717, 1.165) is 27.2 Å². The Bertz CT molecular complexity index is 371. The molecule has 0 saturated carbocycles. The number of carbonyl (C=O) groups excluding carboxylic acids is 1. The van der Waals surface area contributed by atoms with E-state index in [1.54, 1.807) is 0 Å². The number of nitrogens with two attached hydrogens (primary N) is 1. The highest BCUT2D eigenvalue weighted by Gasteiger charge is 2.25. The first kappa shape index (κ1) is 11.1. The second-order valence-corrected chi connectivity index (χ2v) is 6.24. The lowest BCUT2D eigenvalue weighted by Gasteiger charge is -2.13. The first-order chi connectivity index (χ1) is 7.08. The molecule has 5 heteroatoms. The van der Waals surface area contributed by atoms with Crippen LogP contribution < -0.4 is 5.73 Å². The molecule has 1 saturated heterocycles. The number of rotatable bonds is 1. The summed E-state index contributed by atoms with van der Waals surface area (Å²) in [5.41, 5.74) is 6.89. The van der Waals surface area contributed by atoms with Crippen LogP contribution in [-0.4, -0.2) is 29.9 Å². The van der Waals surface area contributed by atoms with Crippen molar-refractivity contribution in [2.24, 2.45) is 5.73 Å². The Hall–Kier alpha value is -0.390. The Morgan fingerprint density at radius 2 is 2.47 bits per heavy atom. The van der Waals surface area contributed by atoms with Gasteiger partial charge in [-0.3, -0.25) is 4.79 Å². The SMILES string of the molecule is Cc1cc(C(=O)N2CC[C@H](N)C2)sc1Br. The average Bonchev–Trinajstić information content (AvgIpc) is 2.74. The Balaban J connectivity index is 2.14. The van der Waals surface area contributed by atoms with Crippen LogP contribution in [0.4, 0.5) is 0 Å². The highest BCUT2D eigenvalue weighted by atomic mass is 79.9. The van der Waals surface area contributed by atoms with Crippen LogP contribution in [0.5, 0.6) is 0 Å². The molecule has 2 rings (SSSR count). The summed E-state index contributed by atoms with van der Waals surface area (Å²) in [5, 5.41) is 0. The first-order valence-electron chi connectivity index (χ1n) is 4.88. The van der Waals surface area contributed by atoms with E-state index in [-0.39, 0.29) is 11.9 Å². The molecule has 2 heterocycles. The van der Waals surface area contributed by atoms with Crippen LogP contribution in [0.15, 0.2) is 9.85 Å². The second-order valence-electron chi connectivity index (χ2n) is 3.87. The molecule has 0 unspecified atom stereocenters. The number of likely N-dealkylation sites (tertiary alicyclic amines) is 1. The molecule has 1 aromatic heterocycles. The van der Waals surface area contributed by atoms with E-state index in [1.165, 1.54) is 11.3 Å². The predicted octanol–water partition coefficient (Wildman–Crippen LogP) is 1.99. The normalized spacial score (nSPS) is 21.0. The molecule has 1 amide bonds. The molecular weight excluding hydrogens is 276 g/mol. The van der Waals surface area contributed by atoms with Gasteiger partial charge in [-0.2, -0.15) is 0 Å². The number of hydrogen-bond acceptors (Lipinski definition) is 3. The quantitative estimate of drug-likeness (QED) is 0.859. The molecule has 0 radical (unpaired) electrons. The van der Waals surface area contributed by atoms with Gasteiger partial charge in [-0.25, -0.2) is 0 Å². The minimum atomic E-state index is 0.113. The monoisotopic (exact) mass is 288 g/mol. The van der Waals surface area contributed by atoms with Crippen molar-refractivity contribution in [1.29, 1.82) is 0 Å². The van der Waals surface area contributed by atoms with Crippen molar-refractivity contribution in [3.05, 3.63) is 20.3 Å². The molecule has 3 nitrogen and oxygen atoms in total. The van der Waals surface area contributed by atoms with Gasteiger partial charge in [-0.15, -0.1) is 11.3 Å². The fraction of sp³-hybridized carbons (Fsp3) is 0.500. The maximum atomic E-state index is 12.0. The predicted molar refractivity (Wildman–Crippen MR) is 65.3 cm³/mol. The standard InChI is InChI=1S/C10H13BrN2OS/c1-6-4-8(15-9(6)11)10(14)13-3-2-7(12)5-13/h4,7H,2-3,5,12H2,1H3/t7-/m0/s1. The van der Waals surface area contributed by atoms with Gasteiger partial charge in [0.25, 0.3) is 5.91 Å². The fourth-order valence-electron chi connectivity index (χ4n) is 1.69. The molecule has 2 N–H and O–H groups in total. The number of nitrogens with zero attached hydrogens (tertiary/aromatic N) is 1. The highest BCUT2D eigenvalue weighted by Crippen LogP contribution is 2.28. The molecule has 82 valence electrons. The van der Waals surface area contributed by atoms with Crippen LogP contribution in [0.25, 0.3) is 0 Å². The molecular formula is C10H13BrN2OS. The van der Waals surface area contributed by atoms with Gasteiger partial charge in [0.2, 0.25) is 0 Å². The highest BCUT2D eigenvalue weighted by molar-refractivity contribution is 9.11. The van der Waals surface area contributed by atoms with Crippen molar-refractivity contribution in [3.8, 4) is 0 Å². The lowest BCUT2D eigenvalue weighted by molar-refractivity contribution is 0.0795. The van der Waals surface area contributed by atoms with Crippen LogP contribution >= 0.6 is 27.3 Å². The molecule has 1 aliphatic rings. The van der Waals surface area contributed by atoms with Crippen molar-refractivity contribution in [3.63, 3.8) is 0 Å². The maximum Gasteiger partial charge on any atom is 0.264 e. The van der Waals surface area contributed by atoms with Gasteiger partial charge in [-0.1, -0.05) is 0 Å². The minimum absolute atomic E-state index is 0.113. The summed E-state index contributed by atoms with van der Waals surface area (Å²) >= 11 is 4.92.